The average molecular weight is 475 g/mol. The minimum Gasteiger partial charge on any atom is -0.497 e. The number of ether oxygens (including phenoxy) is 1. The van der Waals surface area contributed by atoms with Gasteiger partial charge in [0.05, 0.1) is 25.1 Å². The van der Waals surface area contributed by atoms with Gasteiger partial charge in [0.15, 0.2) is 11.0 Å². The molecule has 0 unspecified atom stereocenters. The van der Waals surface area contributed by atoms with Crippen LogP contribution in [-0.4, -0.2) is 43.3 Å². The number of para-hydroxylation sites is 1. The highest BCUT2D eigenvalue weighted by Gasteiger charge is 2.21. The summed E-state index contributed by atoms with van der Waals surface area (Å²) in [5.41, 5.74) is 1.84. The van der Waals surface area contributed by atoms with Crippen molar-refractivity contribution in [2.24, 2.45) is 0 Å². The van der Waals surface area contributed by atoms with Crippen LogP contribution >= 0.6 is 11.8 Å². The van der Waals surface area contributed by atoms with Gasteiger partial charge in [0.2, 0.25) is 5.91 Å². The molecule has 8 nitrogen and oxygen atoms in total. The van der Waals surface area contributed by atoms with Crippen LogP contribution in [0.15, 0.2) is 72.0 Å². The minimum absolute atomic E-state index is 0.0987. The lowest BCUT2D eigenvalue weighted by Crippen LogP contribution is -2.19. The first-order valence-corrected chi connectivity index (χ1v) is 12.3. The van der Waals surface area contributed by atoms with Gasteiger partial charge in [-0.05, 0) is 49.2 Å². The van der Waals surface area contributed by atoms with E-state index in [9.17, 15) is 4.79 Å². The molecule has 5 rings (SSSR count). The van der Waals surface area contributed by atoms with Crippen LogP contribution in [0.25, 0.3) is 17.1 Å². The topological polar surface area (TPSA) is 86.9 Å². The van der Waals surface area contributed by atoms with Crippen LogP contribution in [0.1, 0.15) is 31.7 Å². The summed E-state index contributed by atoms with van der Waals surface area (Å²) in [5, 5.41) is 17.0. The van der Waals surface area contributed by atoms with E-state index in [1.54, 1.807) is 13.3 Å². The summed E-state index contributed by atoms with van der Waals surface area (Å²) < 4.78 is 9.20. The second kappa shape index (κ2) is 10.1. The van der Waals surface area contributed by atoms with Gasteiger partial charge in [0.25, 0.3) is 0 Å². The van der Waals surface area contributed by atoms with E-state index in [2.05, 4.69) is 20.6 Å². The van der Waals surface area contributed by atoms with Crippen molar-refractivity contribution in [3.63, 3.8) is 0 Å². The van der Waals surface area contributed by atoms with Crippen molar-refractivity contribution in [1.82, 2.24) is 24.5 Å². The molecular weight excluding hydrogens is 448 g/mol. The molecular formula is C25H26N6O2S. The molecule has 0 saturated heterocycles. The van der Waals surface area contributed by atoms with Crippen molar-refractivity contribution >= 4 is 23.5 Å². The Hall–Kier alpha value is -3.59. The number of methoxy groups -OCH3 is 1. The number of nitrogens with zero attached hydrogens (tertiary/aromatic N) is 5. The van der Waals surface area contributed by atoms with Gasteiger partial charge < -0.3 is 10.1 Å². The zero-order valence-electron chi connectivity index (χ0n) is 18.9. The second-order valence-corrected chi connectivity index (χ2v) is 9.08. The third-order valence-corrected chi connectivity index (χ3v) is 6.87. The van der Waals surface area contributed by atoms with Crippen LogP contribution in [0.2, 0.25) is 0 Å². The van der Waals surface area contributed by atoms with Gasteiger partial charge in [-0.2, -0.15) is 5.10 Å². The van der Waals surface area contributed by atoms with E-state index in [4.69, 9.17) is 4.74 Å². The van der Waals surface area contributed by atoms with Gasteiger partial charge in [-0.3, -0.25) is 9.36 Å². The first-order valence-electron chi connectivity index (χ1n) is 11.3. The number of aromatic nitrogens is 5. The van der Waals surface area contributed by atoms with Crippen LogP contribution in [0.5, 0.6) is 5.75 Å². The highest BCUT2D eigenvalue weighted by Crippen LogP contribution is 2.32. The van der Waals surface area contributed by atoms with E-state index < -0.39 is 0 Å². The molecule has 1 fully saturated rings. The van der Waals surface area contributed by atoms with Crippen LogP contribution < -0.4 is 10.1 Å². The number of amides is 1. The summed E-state index contributed by atoms with van der Waals surface area (Å²) in [4.78, 5) is 12.8. The van der Waals surface area contributed by atoms with Crippen molar-refractivity contribution in [3.05, 3.63) is 66.9 Å². The lowest BCUT2D eigenvalue weighted by molar-refractivity contribution is -0.113. The molecule has 4 aromatic rings. The summed E-state index contributed by atoms with van der Waals surface area (Å²) >= 11 is 1.36. The molecule has 2 aromatic carbocycles. The van der Waals surface area contributed by atoms with E-state index in [-0.39, 0.29) is 11.7 Å². The predicted molar refractivity (Wildman–Crippen MR) is 132 cm³/mol. The number of nitrogens with one attached hydrogen (secondary N) is 1. The molecule has 1 aliphatic rings. The van der Waals surface area contributed by atoms with E-state index in [1.165, 1.54) is 24.6 Å². The number of benzene rings is 2. The first-order chi connectivity index (χ1) is 16.7. The van der Waals surface area contributed by atoms with Crippen molar-refractivity contribution in [2.45, 2.75) is 36.9 Å². The van der Waals surface area contributed by atoms with Crippen LogP contribution in [0.4, 0.5) is 5.82 Å². The molecule has 1 aliphatic carbocycles. The lowest BCUT2D eigenvalue weighted by Gasteiger charge is -2.14. The van der Waals surface area contributed by atoms with Crippen molar-refractivity contribution < 1.29 is 9.53 Å². The summed E-state index contributed by atoms with van der Waals surface area (Å²) in [5.74, 6) is 2.34. The Kier molecular flexibility index (Phi) is 6.62. The van der Waals surface area contributed by atoms with Crippen LogP contribution in [0.3, 0.4) is 0 Å². The molecule has 34 heavy (non-hydrogen) atoms. The van der Waals surface area contributed by atoms with Gasteiger partial charge in [-0.1, -0.05) is 42.8 Å². The smallest absolute Gasteiger partial charge is 0.235 e. The van der Waals surface area contributed by atoms with Gasteiger partial charge >= 0.3 is 0 Å². The molecule has 0 aliphatic heterocycles. The van der Waals surface area contributed by atoms with Crippen LogP contribution in [0, 0.1) is 0 Å². The number of carbonyl (C=O) groups excluding carboxylic acids is 1. The summed E-state index contributed by atoms with van der Waals surface area (Å²) in [6.45, 7) is 0. The number of carbonyl (C=O) groups is 1. The number of hydrogen-bond acceptors (Lipinski definition) is 6. The Labute approximate surface area is 202 Å². The monoisotopic (exact) mass is 474 g/mol. The highest BCUT2D eigenvalue weighted by atomic mass is 32.2. The zero-order chi connectivity index (χ0) is 23.3. The quantitative estimate of drug-likeness (QED) is 0.362. The van der Waals surface area contributed by atoms with E-state index >= 15 is 0 Å². The Morgan fingerprint density at radius 3 is 2.56 bits per heavy atom. The summed E-state index contributed by atoms with van der Waals surface area (Å²) in [6.07, 6.45) is 6.37. The number of anilines is 1. The second-order valence-electron chi connectivity index (χ2n) is 8.14. The molecule has 0 spiro atoms. The molecule has 2 heterocycles. The molecule has 1 saturated carbocycles. The number of rotatable bonds is 8. The van der Waals surface area contributed by atoms with Crippen molar-refractivity contribution in [2.75, 3.05) is 18.2 Å². The SMILES string of the molecule is COc1ccc(-c2nnc(SCC(=O)Nc3ccnn3C3CCCC3)n2-c2ccccc2)cc1. The number of hydrogen-bond donors (Lipinski definition) is 1. The maximum atomic E-state index is 12.8. The van der Waals surface area contributed by atoms with Gasteiger partial charge in [-0.25, -0.2) is 4.68 Å². The molecule has 2 aromatic heterocycles. The summed E-state index contributed by atoms with van der Waals surface area (Å²) in [6, 6.07) is 19.8. The fourth-order valence-electron chi connectivity index (χ4n) is 4.26. The maximum absolute atomic E-state index is 12.8. The van der Waals surface area contributed by atoms with E-state index in [1.807, 2.05) is 69.9 Å². The molecule has 9 heteroatoms. The first kappa shape index (κ1) is 22.2. The third-order valence-electron chi connectivity index (χ3n) is 5.94. The fourth-order valence-corrected chi connectivity index (χ4v) is 5.01. The maximum Gasteiger partial charge on any atom is 0.235 e. The van der Waals surface area contributed by atoms with Crippen LogP contribution in [-0.2, 0) is 4.79 Å². The Morgan fingerprint density at radius 1 is 1.06 bits per heavy atom. The fraction of sp³-hybridized carbons (Fsp3) is 0.280. The molecule has 1 amide bonds. The average Bonchev–Trinajstić information content (AvgIpc) is 3.64. The molecule has 174 valence electrons. The van der Waals surface area contributed by atoms with Gasteiger partial charge in [-0.15, -0.1) is 10.2 Å². The zero-order valence-corrected chi connectivity index (χ0v) is 19.7. The largest absolute Gasteiger partial charge is 0.497 e. The normalized spacial score (nSPS) is 13.8. The van der Waals surface area contributed by atoms with E-state index in [0.29, 0.717) is 17.0 Å². The van der Waals surface area contributed by atoms with Gasteiger partial charge in [0.1, 0.15) is 11.6 Å². The van der Waals surface area contributed by atoms with E-state index in [0.717, 1.165) is 35.7 Å². The lowest BCUT2D eigenvalue weighted by atomic mass is 10.2. The van der Waals surface area contributed by atoms with Gasteiger partial charge in [0, 0.05) is 17.3 Å². The highest BCUT2D eigenvalue weighted by molar-refractivity contribution is 7.99. The third kappa shape index (κ3) is 4.70. The molecule has 1 N–H and O–H groups in total. The Morgan fingerprint density at radius 2 is 1.82 bits per heavy atom. The Bertz CT molecular complexity index is 1250. The number of thioether (sulfide) groups is 1. The minimum atomic E-state index is -0.0987. The Balaban J connectivity index is 1.35. The molecule has 0 bridgehead atoms. The summed E-state index contributed by atoms with van der Waals surface area (Å²) in [7, 11) is 1.64. The van der Waals surface area contributed by atoms with Crippen molar-refractivity contribution in [1.29, 1.82) is 0 Å². The molecule has 0 atom stereocenters. The predicted octanol–water partition coefficient (Wildman–Crippen LogP) is 4.99. The standard InChI is InChI=1S/C25H26N6O2S/c1-33-21-13-11-18(12-14-21)24-28-29-25(30(24)19-7-3-2-4-8-19)34-17-23(32)27-22-15-16-26-31(22)20-9-5-6-10-20/h2-4,7-8,11-16,20H,5-6,9-10,17H2,1H3,(H,27,32). The van der Waals surface area contributed by atoms with Crippen molar-refractivity contribution in [3.8, 4) is 22.8 Å². The molecule has 0 radical (unpaired) electrons.